The van der Waals surface area contributed by atoms with E-state index in [1.807, 2.05) is 7.05 Å². The molecule has 2 fully saturated rings. The third kappa shape index (κ3) is 3.95. The standard InChI is InChI=1S/C16H30N2O2/c1-17-16(8-4-3-5-9-16)12-15(19)18-10-6-14(7-11-18)13-20-2/h14,17H,3-13H2,1-2H3. The Bertz CT molecular complexity index is 306. The Morgan fingerprint density at radius 3 is 2.45 bits per heavy atom. The minimum atomic E-state index is 0.0682. The number of hydrogen-bond acceptors (Lipinski definition) is 3. The van der Waals surface area contributed by atoms with Crippen molar-refractivity contribution in [3.8, 4) is 0 Å². The Balaban J connectivity index is 1.82. The lowest BCUT2D eigenvalue weighted by molar-refractivity contribution is -0.134. The molecule has 0 aromatic rings. The van der Waals surface area contributed by atoms with Gasteiger partial charge in [-0.15, -0.1) is 0 Å². The number of carbonyl (C=O) groups excluding carboxylic acids is 1. The maximum Gasteiger partial charge on any atom is 0.224 e. The van der Waals surface area contributed by atoms with Crippen molar-refractivity contribution in [1.29, 1.82) is 0 Å². The Labute approximate surface area is 123 Å². The van der Waals surface area contributed by atoms with Gasteiger partial charge in [-0.3, -0.25) is 4.79 Å². The fourth-order valence-corrected chi connectivity index (χ4v) is 3.73. The van der Waals surface area contributed by atoms with Gasteiger partial charge in [-0.2, -0.15) is 0 Å². The first-order valence-corrected chi connectivity index (χ1v) is 8.15. The van der Waals surface area contributed by atoms with E-state index in [-0.39, 0.29) is 5.54 Å². The van der Waals surface area contributed by atoms with Crippen LogP contribution in [0, 0.1) is 5.92 Å². The quantitative estimate of drug-likeness (QED) is 0.840. The van der Waals surface area contributed by atoms with E-state index in [2.05, 4.69) is 10.2 Å². The highest BCUT2D eigenvalue weighted by Crippen LogP contribution is 2.31. The number of nitrogens with zero attached hydrogens (tertiary/aromatic N) is 1. The average Bonchev–Trinajstić information content (AvgIpc) is 2.49. The fourth-order valence-electron chi connectivity index (χ4n) is 3.73. The van der Waals surface area contributed by atoms with Gasteiger partial charge in [0.05, 0.1) is 0 Å². The molecule has 1 aliphatic heterocycles. The van der Waals surface area contributed by atoms with E-state index in [1.165, 1.54) is 19.3 Å². The van der Waals surface area contributed by atoms with Gasteiger partial charge in [-0.25, -0.2) is 0 Å². The van der Waals surface area contributed by atoms with E-state index in [4.69, 9.17) is 4.74 Å². The van der Waals surface area contributed by atoms with Gasteiger partial charge in [0.15, 0.2) is 0 Å². The van der Waals surface area contributed by atoms with Crippen molar-refractivity contribution in [3.05, 3.63) is 0 Å². The van der Waals surface area contributed by atoms with Crippen molar-refractivity contribution < 1.29 is 9.53 Å². The molecule has 116 valence electrons. The second-order valence-corrected chi connectivity index (χ2v) is 6.55. The lowest BCUT2D eigenvalue weighted by Crippen LogP contribution is -2.50. The minimum Gasteiger partial charge on any atom is -0.384 e. The van der Waals surface area contributed by atoms with Crippen LogP contribution in [0.5, 0.6) is 0 Å². The fraction of sp³-hybridized carbons (Fsp3) is 0.938. The Kier molecular flexibility index (Phi) is 5.85. The molecular weight excluding hydrogens is 252 g/mol. The number of carbonyl (C=O) groups is 1. The van der Waals surface area contributed by atoms with Gasteiger partial charge in [-0.05, 0) is 38.6 Å². The molecule has 1 N–H and O–H groups in total. The van der Waals surface area contributed by atoms with E-state index in [0.717, 1.165) is 45.4 Å². The number of ether oxygens (including phenoxy) is 1. The van der Waals surface area contributed by atoms with E-state index >= 15 is 0 Å². The number of methoxy groups -OCH3 is 1. The smallest absolute Gasteiger partial charge is 0.224 e. The molecule has 4 nitrogen and oxygen atoms in total. The lowest BCUT2D eigenvalue weighted by atomic mass is 9.79. The summed E-state index contributed by atoms with van der Waals surface area (Å²) in [5.74, 6) is 0.981. The van der Waals surface area contributed by atoms with Crippen LogP contribution in [-0.2, 0) is 9.53 Å². The van der Waals surface area contributed by atoms with Gasteiger partial charge < -0.3 is 15.0 Å². The molecular formula is C16H30N2O2. The van der Waals surface area contributed by atoms with Crippen molar-refractivity contribution in [3.63, 3.8) is 0 Å². The maximum absolute atomic E-state index is 12.5. The van der Waals surface area contributed by atoms with Crippen molar-refractivity contribution >= 4 is 5.91 Å². The van der Waals surface area contributed by atoms with Gasteiger partial charge in [0.2, 0.25) is 5.91 Å². The largest absolute Gasteiger partial charge is 0.384 e. The highest BCUT2D eigenvalue weighted by molar-refractivity contribution is 5.77. The molecule has 1 saturated carbocycles. The van der Waals surface area contributed by atoms with Gasteiger partial charge >= 0.3 is 0 Å². The van der Waals surface area contributed by atoms with Crippen LogP contribution in [0.1, 0.15) is 51.4 Å². The molecule has 1 aliphatic carbocycles. The van der Waals surface area contributed by atoms with Crippen molar-refractivity contribution in [2.45, 2.75) is 56.9 Å². The molecule has 0 aromatic heterocycles. The first-order valence-electron chi connectivity index (χ1n) is 8.15. The molecule has 4 heteroatoms. The highest BCUT2D eigenvalue weighted by Gasteiger charge is 2.34. The average molecular weight is 282 g/mol. The summed E-state index contributed by atoms with van der Waals surface area (Å²) >= 11 is 0. The van der Waals surface area contributed by atoms with Crippen LogP contribution in [0.2, 0.25) is 0 Å². The second kappa shape index (κ2) is 7.41. The Morgan fingerprint density at radius 1 is 1.25 bits per heavy atom. The summed E-state index contributed by atoms with van der Waals surface area (Å²) in [5, 5.41) is 3.45. The zero-order valence-corrected chi connectivity index (χ0v) is 13.1. The lowest BCUT2D eigenvalue weighted by Gasteiger charge is -2.39. The Hall–Kier alpha value is -0.610. The summed E-state index contributed by atoms with van der Waals surface area (Å²) in [6.07, 6.45) is 8.98. The number of hydrogen-bond donors (Lipinski definition) is 1. The van der Waals surface area contributed by atoms with Crippen molar-refractivity contribution in [2.24, 2.45) is 5.92 Å². The molecule has 1 amide bonds. The Morgan fingerprint density at radius 2 is 1.90 bits per heavy atom. The molecule has 0 bridgehead atoms. The minimum absolute atomic E-state index is 0.0682. The molecule has 2 rings (SSSR count). The van der Waals surface area contributed by atoms with Crippen molar-refractivity contribution in [1.82, 2.24) is 10.2 Å². The molecule has 0 spiro atoms. The number of rotatable bonds is 5. The predicted octanol–water partition coefficient (Wildman–Crippen LogP) is 2.18. The van der Waals surface area contributed by atoms with Crippen LogP contribution in [0.4, 0.5) is 0 Å². The van der Waals surface area contributed by atoms with Crippen LogP contribution in [0.3, 0.4) is 0 Å². The zero-order valence-electron chi connectivity index (χ0n) is 13.1. The number of likely N-dealkylation sites (tertiary alicyclic amines) is 1. The summed E-state index contributed by atoms with van der Waals surface area (Å²) < 4.78 is 5.22. The van der Waals surface area contributed by atoms with E-state index < -0.39 is 0 Å². The zero-order chi connectivity index (χ0) is 14.4. The van der Waals surface area contributed by atoms with Crippen LogP contribution in [0.15, 0.2) is 0 Å². The molecule has 2 aliphatic rings. The van der Waals surface area contributed by atoms with E-state index in [1.54, 1.807) is 7.11 Å². The monoisotopic (exact) mass is 282 g/mol. The third-order valence-electron chi connectivity index (χ3n) is 5.20. The SMILES string of the molecule is CNC1(CC(=O)N2CCC(COC)CC2)CCCCC1. The van der Waals surface area contributed by atoms with Crippen LogP contribution in [0.25, 0.3) is 0 Å². The summed E-state index contributed by atoms with van der Waals surface area (Å²) in [6.45, 7) is 2.65. The molecule has 1 heterocycles. The third-order valence-corrected chi connectivity index (χ3v) is 5.20. The topological polar surface area (TPSA) is 41.6 Å². The van der Waals surface area contributed by atoms with Crippen molar-refractivity contribution in [2.75, 3.05) is 33.9 Å². The maximum atomic E-state index is 12.5. The number of amides is 1. The van der Waals surface area contributed by atoms with Gasteiger partial charge in [0.25, 0.3) is 0 Å². The molecule has 0 atom stereocenters. The van der Waals surface area contributed by atoms with Crippen LogP contribution in [-0.4, -0.2) is 50.2 Å². The molecule has 1 saturated heterocycles. The normalized spacial score (nSPS) is 23.8. The molecule has 0 radical (unpaired) electrons. The summed E-state index contributed by atoms with van der Waals surface area (Å²) in [7, 11) is 3.78. The van der Waals surface area contributed by atoms with Gasteiger partial charge in [0.1, 0.15) is 0 Å². The first kappa shape index (κ1) is 15.8. The molecule has 0 unspecified atom stereocenters. The molecule has 20 heavy (non-hydrogen) atoms. The summed E-state index contributed by atoms with van der Waals surface area (Å²) in [5.41, 5.74) is 0.0682. The van der Waals surface area contributed by atoms with Crippen LogP contribution >= 0.6 is 0 Å². The van der Waals surface area contributed by atoms with Crippen LogP contribution < -0.4 is 5.32 Å². The summed E-state index contributed by atoms with van der Waals surface area (Å²) in [4.78, 5) is 14.6. The number of piperidine rings is 1. The van der Waals surface area contributed by atoms with E-state index in [9.17, 15) is 4.79 Å². The van der Waals surface area contributed by atoms with Gasteiger partial charge in [-0.1, -0.05) is 19.3 Å². The first-order chi connectivity index (χ1) is 9.69. The predicted molar refractivity (Wildman–Crippen MR) is 80.7 cm³/mol. The molecule has 0 aromatic carbocycles. The van der Waals surface area contributed by atoms with E-state index in [0.29, 0.717) is 18.2 Å². The second-order valence-electron chi connectivity index (χ2n) is 6.55. The van der Waals surface area contributed by atoms with Gasteiger partial charge in [0, 0.05) is 38.8 Å². The summed E-state index contributed by atoms with van der Waals surface area (Å²) in [6, 6.07) is 0. The number of nitrogens with one attached hydrogen (secondary N) is 1. The highest BCUT2D eigenvalue weighted by atomic mass is 16.5.